The summed E-state index contributed by atoms with van der Waals surface area (Å²) >= 11 is 0. The van der Waals surface area contributed by atoms with Crippen LogP contribution in [0.4, 0.5) is 0 Å². The van der Waals surface area contributed by atoms with Gasteiger partial charge in [-0.1, -0.05) is 30.3 Å². The molecule has 7 heteroatoms. The number of hydrogen-bond donors (Lipinski definition) is 2. The first-order valence-corrected chi connectivity index (χ1v) is 11.0. The molecule has 2 aromatic heterocycles. The minimum atomic E-state index is 0. The van der Waals surface area contributed by atoms with E-state index < -0.39 is 0 Å². The average Bonchev–Trinajstić information content (AvgIpc) is 3.42. The van der Waals surface area contributed by atoms with Crippen LogP contribution in [0.2, 0.25) is 0 Å². The molecule has 2 N–H and O–H groups in total. The SMILES string of the molecule is CCNC(=NCc1ccc(CN2CCCC2)cc1)NCCc1cn2ccccc2n1.I. The molecule has 1 aromatic carbocycles. The number of benzene rings is 1. The van der Waals surface area contributed by atoms with Crippen LogP contribution in [0.3, 0.4) is 0 Å². The first kappa shape index (κ1) is 23.5. The second kappa shape index (κ2) is 12.0. The maximum Gasteiger partial charge on any atom is 0.191 e. The Bertz CT molecular complexity index is 927. The molecule has 1 aliphatic rings. The van der Waals surface area contributed by atoms with E-state index in [0.29, 0.717) is 6.54 Å². The van der Waals surface area contributed by atoms with E-state index in [2.05, 4.69) is 62.3 Å². The third-order valence-corrected chi connectivity index (χ3v) is 5.48. The van der Waals surface area contributed by atoms with Crippen molar-refractivity contribution in [2.75, 3.05) is 26.2 Å². The summed E-state index contributed by atoms with van der Waals surface area (Å²) in [4.78, 5) is 11.9. The molecule has 1 fully saturated rings. The van der Waals surface area contributed by atoms with E-state index in [1.807, 2.05) is 24.4 Å². The zero-order valence-corrected chi connectivity index (χ0v) is 20.6. The maximum absolute atomic E-state index is 4.75. The van der Waals surface area contributed by atoms with E-state index in [1.165, 1.54) is 37.1 Å². The minimum Gasteiger partial charge on any atom is -0.357 e. The van der Waals surface area contributed by atoms with Crippen molar-refractivity contribution in [3.8, 4) is 0 Å². The number of imidazole rings is 1. The fourth-order valence-corrected chi connectivity index (χ4v) is 3.88. The first-order chi connectivity index (χ1) is 14.8. The van der Waals surface area contributed by atoms with Gasteiger partial charge in [0.15, 0.2) is 5.96 Å². The van der Waals surface area contributed by atoms with Gasteiger partial charge in [-0.2, -0.15) is 0 Å². The van der Waals surface area contributed by atoms with Crippen LogP contribution in [-0.2, 0) is 19.5 Å². The molecule has 1 aliphatic heterocycles. The van der Waals surface area contributed by atoms with Crippen LogP contribution >= 0.6 is 24.0 Å². The second-order valence-electron chi connectivity index (χ2n) is 7.87. The van der Waals surface area contributed by atoms with E-state index in [-0.39, 0.29) is 24.0 Å². The highest BCUT2D eigenvalue weighted by molar-refractivity contribution is 14.0. The summed E-state index contributed by atoms with van der Waals surface area (Å²) in [6, 6.07) is 15.0. The van der Waals surface area contributed by atoms with E-state index >= 15 is 0 Å². The van der Waals surface area contributed by atoms with Gasteiger partial charge in [0.1, 0.15) is 5.65 Å². The van der Waals surface area contributed by atoms with Crippen molar-refractivity contribution in [1.29, 1.82) is 0 Å². The summed E-state index contributed by atoms with van der Waals surface area (Å²) in [5.41, 5.74) is 4.69. The lowest BCUT2D eigenvalue weighted by Crippen LogP contribution is -2.38. The molecule has 166 valence electrons. The molecule has 0 bridgehead atoms. The predicted octanol–water partition coefficient (Wildman–Crippen LogP) is 3.85. The molecule has 0 atom stereocenters. The quantitative estimate of drug-likeness (QED) is 0.263. The molecule has 0 saturated carbocycles. The molecule has 0 spiro atoms. The van der Waals surface area contributed by atoms with Crippen molar-refractivity contribution in [2.45, 2.75) is 39.3 Å². The summed E-state index contributed by atoms with van der Waals surface area (Å²) in [5.74, 6) is 0.849. The Hall–Kier alpha value is -2.13. The van der Waals surface area contributed by atoms with Crippen molar-refractivity contribution in [2.24, 2.45) is 4.99 Å². The van der Waals surface area contributed by atoms with E-state index in [1.54, 1.807) is 0 Å². The third-order valence-electron chi connectivity index (χ3n) is 5.48. The predicted molar refractivity (Wildman–Crippen MR) is 138 cm³/mol. The van der Waals surface area contributed by atoms with E-state index in [0.717, 1.165) is 43.4 Å². The number of fused-ring (bicyclic) bond motifs is 1. The van der Waals surface area contributed by atoms with Crippen LogP contribution in [-0.4, -0.2) is 46.4 Å². The summed E-state index contributed by atoms with van der Waals surface area (Å²) in [6.45, 7) is 7.94. The number of hydrogen-bond acceptors (Lipinski definition) is 3. The number of nitrogens with one attached hydrogen (secondary N) is 2. The number of aromatic nitrogens is 2. The van der Waals surface area contributed by atoms with Crippen LogP contribution in [0, 0.1) is 0 Å². The van der Waals surface area contributed by atoms with Gasteiger partial charge in [-0.25, -0.2) is 9.98 Å². The standard InChI is InChI=1S/C24H32N6.HI/c1-2-25-24(26-13-12-22-19-30-16-4-3-7-23(30)28-22)27-17-20-8-10-21(11-9-20)18-29-14-5-6-15-29;/h3-4,7-11,16,19H,2,5-6,12-15,17-18H2,1H3,(H2,25,26,27);1H. The normalized spacial score (nSPS) is 14.5. The van der Waals surface area contributed by atoms with Crippen LogP contribution in [0.25, 0.3) is 5.65 Å². The fourth-order valence-electron chi connectivity index (χ4n) is 3.88. The number of nitrogens with zero attached hydrogens (tertiary/aromatic N) is 4. The lowest BCUT2D eigenvalue weighted by molar-refractivity contribution is 0.331. The van der Waals surface area contributed by atoms with Gasteiger partial charge in [-0.3, -0.25) is 4.90 Å². The topological polar surface area (TPSA) is 57.0 Å². The zero-order chi connectivity index (χ0) is 20.6. The molecule has 1 saturated heterocycles. The van der Waals surface area contributed by atoms with Crippen molar-refractivity contribution in [3.05, 3.63) is 71.7 Å². The Morgan fingerprint density at radius 1 is 1.03 bits per heavy atom. The molecule has 0 unspecified atom stereocenters. The number of pyridine rings is 1. The van der Waals surface area contributed by atoms with Crippen molar-refractivity contribution >= 4 is 35.6 Å². The second-order valence-corrected chi connectivity index (χ2v) is 7.87. The highest BCUT2D eigenvalue weighted by atomic mass is 127. The molecule has 31 heavy (non-hydrogen) atoms. The van der Waals surface area contributed by atoms with Gasteiger partial charge in [0.25, 0.3) is 0 Å². The highest BCUT2D eigenvalue weighted by Crippen LogP contribution is 2.13. The largest absolute Gasteiger partial charge is 0.357 e. The highest BCUT2D eigenvalue weighted by Gasteiger charge is 2.11. The Labute approximate surface area is 202 Å². The molecule has 4 rings (SSSR count). The Balaban J connectivity index is 0.00000272. The third kappa shape index (κ3) is 6.93. The van der Waals surface area contributed by atoms with Gasteiger partial charge in [0.2, 0.25) is 0 Å². The van der Waals surface area contributed by atoms with Gasteiger partial charge >= 0.3 is 0 Å². The van der Waals surface area contributed by atoms with Crippen LogP contribution < -0.4 is 10.6 Å². The average molecular weight is 532 g/mol. The van der Waals surface area contributed by atoms with Crippen molar-refractivity contribution in [1.82, 2.24) is 24.9 Å². The molecule has 0 amide bonds. The number of guanidine groups is 1. The number of rotatable bonds is 8. The summed E-state index contributed by atoms with van der Waals surface area (Å²) in [5, 5.41) is 6.76. The number of aliphatic imine (C=N–C) groups is 1. The number of likely N-dealkylation sites (tertiary alicyclic amines) is 1. The summed E-state index contributed by atoms with van der Waals surface area (Å²) in [7, 11) is 0. The maximum atomic E-state index is 4.75. The first-order valence-electron chi connectivity index (χ1n) is 11.0. The molecular weight excluding hydrogens is 499 g/mol. The molecular formula is C24H33IN6. The smallest absolute Gasteiger partial charge is 0.191 e. The Morgan fingerprint density at radius 3 is 2.55 bits per heavy atom. The molecule has 0 radical (unpaired) electrons. The van der Waals surface area contributed by atoms with Gasteiger partial charge in [-0.05, 0) is 56.1 Å². The number of halogens is 1. The molecule has 0 aliphatic carbocycles. The van der Waals surface area contributed by atoms with Crippen LogP contribution in [0.1, 0.15) is 36.6 Å². The Morgan fingerprint density at radius 2 is 1.81 bits per heavy atom. The minimum absolute atomic E-state index is 0. The van der Waals surface area contributed by atoms with Crippen molar-refractivity contribution in [3.63, 3.8) is 0 Å². The summed E-state index contributed by atoms with van der Waals surface area (Å²) in [6.07, 6.45) is 7.65. The molecule has 6 nitrogen and oxygen atoms in total. The van der Waals surface area contributed by atoms with Crippen LogP contribution in [0.5, 0.6) is 0 Å². The molecule has 3 aromatic rings. The monoisotopic (exact) mass is 532 g/mol. The summed E-state index contributed by atoms with van der Waals surface area (Å²) < 4.78 is 2.06. The van der Waals surface area contributed by atoms with Crippen molar-refractivity contribution < 1.29 is 0 Å². The van der Waals surface area contributed by atoms with Crippen LogP contribution in [0.15, 0.2) is 59.9 Å². The van der Waals surface area contributed by atoms with Gasteiger partial charge < -0.3 is 15.0 Å². The van der Waals surface area contributed by atoms with E-state index in [4.69, 9.17) is 4.99 Å². The lowest BCUT2D eigenvalue weighted by atomic mass is 10.1. The zero-order valence-electron chi connectivity index (χ0n) is 18.3. The van der Waals surface area contributed by atoms with E-state index in [9.17, 15) is 0 Å². The Kier molecular flexibility index (Phi) is 9.14. The van der Waals surface area contributed by atoms with Gasteiger partial charge in [0, 0.05) is 38.4 Å². The fraction of sp³-hybridized carbons (Fsp3) is 0.417. The molecule has 3 heterocycles. The lowest BCUT2D eigenvalue weighted by Gasteiger charge is -2.14. The van der Waals surface area contributed by atoms with Gasteiger partial charge in [-0.15, -0.1) is 24.0 Å². The van der Waals surface area contributed by atoms with Gasteiger partial charge in [0.05, 0.1) is 12.2 Å².